The van der Waals surface area contributed by atoms with E-state index in [2.05, 4.69) is 102 Å². The Labute approximate surface area is 237 Å². The second-order valence-corrected chi connectivity index (χ2v) is 10.5. The van der Waals surface area contributed by atoms with Crippen LogP contribution in [0.4, 0.5) is 17.1 Å². The molecule has 41 heavy (non-hydrogen) atoms. The highest BCUT2D eigenvalue weighted by Gasteiger charge is 2.41. The topological polar surface area (TPSA) is 34.8 Å². The molecule has 0 saturated carbocycles. The number of ether oxygens (including phenoxy) is 2. The third-order valence-corrected chi connectivity index (χ3v) is 8.17. The zero-order valence-electron chi connectivity index (χ0n) is 22.0. The molecule has 0 amide bonds. The summed E-state index contributed by atoms with van der Waals surface area (Å²) in [6.45, 7) is 0.00901. The molecule has 3 heterocycles. The largest absolute Gasteiger partial charge is 0.458 e. The fourth-order valence-corrected chi connectivity index (χ4v) is 6.39. The number of benzene rings is 6. The molecule has 9 rings (SSSR count). The maximum Gasteiger partial charge on any atom is 0.260 e. The number of hydrogen-bond donors (Lipinski definition) is 0. The number of hydrogen-bond acceptors (Lipinski definition) is 4. The second-order valence-electron chi connectivity index (χ2n) is 10.5. The molecule has 4 nitrogen and oxygen atoms in total. The average Bonchev–Trinajstić information content (AvgIpc) is 3.40. The van der Waals surface area contributed by atoms with Crippen molar-refractivity contribution in [3.05, 3.63) is 133 Å². The number of para-hydroxylation sites is 4. The zero-order valence-corrected chi connectivity index (χ0v) is 22.0. The van der Waals surface area contributed by atoms with Crippen LogP contribution in [0.2, 0.25) is 0 Å². The van der Waals surface area contributed by atoms with Crippen molar-refractivity contribution in [2.45, 2.75) is 0 Å². The molecule has 1 aromatic heterocycles. The smallest absolute Gasteiger partial charge is 0.260 e. The lowest BCUT2D eigenvalue weighted by atomic mass is 9.35. The first-order valence-electron chi connectivity index (χ1n) is 13.8. The van der Waals surface area contributed by atoms with Crippen LogP contribution in [0.5, 0.6) is 23.0 Å². The summed E-state index contributed by atoms with van der Waals surface area (Å²) in [6, 6.07) is 45.8. The van der Waals surface area contributed by atoms with E-state index in [-0.39, 0.29) is 6.71 Å². The number of rotatable bonds is 3. The highest BCUT2D eigenvalue weighted by atomic mass is 16.5. The molecule has 0 bridgehead atoms. The molecular formula is C36H22BNO3. The molecule has 0 N–H and O–H groups in total. The minimum absolute atomic E-state index is 0.00901. The van der Waals surface area contributed by atoms with Crippen LogP contribution < -0.4 is 30.8 Å². The highest BCUT2D eigenvalue weighted by molar-refractivity contribution is 6.98. The molecule has 0 saturated heterocycles. The van der Waals surface area contributed by atoms with Crippen LogP contribution in [-0.4, -0.2) is 6.71 Å². The Morgan fingerprint density at radius 1 is 0.488 bits per heavy atom. The van der Waals surface area contributed by atoms with Gasteiger partial charge in [-0.1, -0.05) is 72.8 Å². The maximum absolute atomic E-state index is 6.68. The van der Waals surface area contributed by atoms with E-state index in [0.717, 1.165) is 78.4 Å². The monoisotopic (exact) mass is 527 g/mol. The molecule has 5 heteroatoms. The predicted octanol–water partition coefficient (Wildman–Crippen LogP) is 7.78. The van der Waals surface area contributed by atoms with Crippen molar-refractivity contribution < 1.29 is 13.9 Å². The predicted molar refractivity (Wildman–Crippen MR) is 166 cm³/mol. The van der Waals surface area contributed by atoms with E-state index in [9.17, 15) is 0 Å². The van der Waals surface area contributed by atoms with Gasteiger partial charge in [0.05, 0.1) is 0 Å². The van der Waals surface area contributed by atoms with Gasteiger partial charge in [-0.2, -0.15) is 0 Å². The quantitative estimate of drug-likeness (QED) is 0.220. The number of furan rings is 1. The summed E-state index contributed by atoms with van der Waals surface area (Å²) in [5.74, 6) is 3.27. The minimum atomic E-state index is 0.00901. The van der Waals surface area contributed by atoms with Crippen molar-refractivity contribution in [2.24, 2.45) is 0 Å². The van der Waals surface area contributed by atoms with E-state index in [1.807, 2.05) is 36.4 Å². The lowest BCUT2D eigenvalue weighted by molar-refractivity contribution is 0.462. The molecule has 7 aromatic rings. The van der Waals surface area contributed by atoms with E-state index in [1.165, 1.54) is 0 Å². The first kappa shape index (κ1) is 22.4. The zero-order chi connectivity index (χ0) is 26.9. The first-order valence-corrected chi connectivity index (χ1v) is 13.8. The molecule has 192 valence electrons. The number of fused-ring (bicyclic) bond motifs is 8. The van der Waals surface area contributed by atoms with Crippen LogP contribution in [0.1, 0.15) is 0 Å². The Kier molecular flexibility index (Phi) is 4.67. The molecule has 0 fully saturated rings. The van der Waals surface area contributed by atoms with Crippen LogP contribution in [-0.2, 0) is 0 Å². The molecule has 0 atom stereocenters. The van der Waals surface area contributed by atoms with E-state index < -0.39 is 0 Å². The Morgan fingerprint density at radius 3 is 1.78 bits per heavy atom. The number of nitrogens with zero attached hydrogens (tertiary/aromatic N) is 1. The Hall–Kier alpha value is -5.42. The first-order chi connectivity index (χ1) is 20.3. The SMILES string of the molecule is c1ccc(N(c2ccccc2)c2ccc3c(c2)oc2c4c5c(cc23)Oc2ccccc2B5c2ccccc2O4)cc1. The van der Waals surface area contributed by atoms with Gasteiger partial charge in [-0.3, -0.25) is 0 Å². The number of anilines is 3. The molecule has 2 aliphatic heterocycles. The fraction of sp³-hybridized carbons (Fsp3) is 0. The molecule has 0 spiro atoms. The molecular weight excluding hydrogens is 505 g/mol. The summed E-state index contributed by atoms with van der Waals surface area (Å²) >= 11 is 0. The lowest BCUT2D eigenvalue weighted by Gasteiger charge is -2.32. The highest BCUT2D eigenvalue weighted by Crippen LogP contribution is 2.44. The van der Waals surface area contributed by atoms with Gasteiger partial charge < -0.3 is 18.8 Å². The molecule has 0 radical (unpaired) electrons. The Morgan fingerprint density at radius 2 is 1.10 bits per heavy atom. The summed E-state index contributed by atoms with van der Waals surface area (Å²) in [5.41, 5.74) is 7.99. The van der Waals surface area contributed by atoms with Gasteiger partial charge in [0, 0.05) is 39.4 Å². The van der Waals surface area contributed by atoms with E-state index in [4.69, 9.17) is 13.9 Å². The van der Waals surface area contributed by atoms with Crippen molar-refractivity contribution in [3.63, 3.8) is 0 Å². The van der Waals surface area contributed by atoms with Crippen LogP contribution >= 0.6 is 0 Å². The van der Waals surface area contributed by atoms with Crippen molar-refractivity contribution in [2.75, 3.05) is 4.90 Å². The normalized spacial score (nSPS) is 12.7. The van der Waals surface area contributed by atoms with Crippen LogP contribution in [0, 0.1) is 0 Å². The van der Waals surface area contributed by atoms with Gasteiger partial charge in [0.2, 0.25) is 0 Å². The van der Waals surface area contributed by atoms with Gasteiger partial charge in [0.1, 0.15) is 22.8 Å². The second kappa shape index (κ2) is 8.54. The summed E-state index contributed by atoms with van der Waals surface area (Å²) < 4.78 is 19.8. The Bertz CT molecular complexity index is 2070. The lowest BCUT2D eigenvalue weighted by Crippen LogP contribution is -2.57. The fourth-order valence-electron chi connectivity index (χ4n) is 6.39. The van der Waals surface area contributed by atoms with E-state index in [1.54, 1.807) is 0 Å². The van der Waals surface area contributed by atoms with Gasteiger partial charge in [-0.05, 0) is 65.5 Å². The third-order valence-electron chi connectivity index (χ3n) is 8.17. The van der Waals surface area contributed by atoms with Crippen molar-refractivity contribution in [1.29, 1.82) is 0 Å². The Balaban J connectivity index is 1.28. The van der Waals surface area contributed by atoms with Gasteiger partial charge in [0.25, 0.3) is 6.71 Å². The minimum Gasteiger partial charge on any atom is -0.458 e. The van der Waals surface area contributed by atoms with Gasteiger partial charge in [-0.15, -0.1) is 0 Å². The molecule has 6 aromatic carbocycles. The van der Waals surface area contributed by atoms with Gasteiger partial charge >= 0.3 is 0 Å². The van der Waals surface area contributed by atoms with E-state index in [0.29, 0.717) is 0 Å². The molecule has 2 aliphatic rings. The van der Waals surface area contributed by atoms with Crippen molar-refractivity contribution in [1.82, 2.24) is 0 Å². The standard InChI is InChI=1S/C36H22BNO3/c1-3-11-23(12-4-1)38(24-13-5-2-6-14-24)25-19-20-26-27-22-33-34-36(35(27)41-32(26)21-25)40-31-18-10-8-16-29(31)37(34)28-15-7-9-17-30(28)39-33/h1-22H. The summed E-state index contributed by atoms with van der Waals surface area (Å²) in [4.78, 5) is 2.24. The molecule has 0 unspecified atom stereocenters. The summed E-state index contributed by atoms with van der Waals surface area (Å²) in [7, 11) is 0. The van der Waals surface area contributed by atoms with Crippen molar-refractivity contribution >= 4 is 62.1 Å². The van der Waals surface area contributed by atoms with Crippen molar-refractivity contribution in [3.8, 4) is 23.0 Å². The summed E-state index contributed by atoms with van der Waals surface area (Å²) in [5, 5.41) is 1.99. The summed E-state index contributed by atoms with van der Waals surface area (Å²) in [6.07, 6.45) is 0. The van der Waals surface area contributed by atoms with Crippen LogP contribution in [0.15, 0.2) is 138 Å². The maximum atomic E-state index is 6.68. The van der Waals surface area contributed by atoms with Gasteiger partial charge in [-0.25, -0.2) is 0 Å². The van der Waals surface area contributed by atoms with Gasteiger partial charge in [0.15, 0.2) is 11.3 Å². The van der Waals surface area contributed by atoms with Crippen LogP contribution in [0.3, 0.4) is 0 Å². The third kappa shape index (κ3) is 3.29. The molecule has 0 aliphatic carbocycles. The van der Waals surface area contributed by atoms with E-state index >= 15 is 0 Å². The average molecular weight is 527 g/mol. The van der Waals surface area contributed by atoms with Crippen LogP contribution in [0.25, 0.3) is 21.9 Å².